The van der Waals surface area contributed by atoms with E-state index >= 15 is 0 Å². The predicted molar refractivity (Wildman–Crippen MR) is 130 cm³/mol. The van der Waals surface area contributed by atoms with Crippen LogP contribution in [0.1, 0.15) is 34.2 Å². The van der Waals surface area contributed by atoms with Crippen LogP contribution in [0.25, 0.3) is 0 Å². The Bertz CT molecular complexity index is 1180. The Morgan fingerprint density at radius 1 is 0.906 bits per heavy atom. The maximum absolute atomic E-state index is 13.2. The van der Waals surface area contributed by atoms with Crippen molar-refractivity contribution in [2.75, 3.05) is 18.0 Å². The smallest absolute Gasteiger partial charge is 0.126 e. The Morgan fingerprint density at radius 3 is 2.31 bits per heavy atom. The van der Waals surface area contributed by atoms with Gasteiger partial charge in [0.15, 0.2) is 0 Å². The fourth-order valence-corrected chi connectivity index (χ4v) is 5.80. The number of aromatic hydroxyl groups is 2. The number of benzene rings is 3. The van der Waals surface area contributed by atoms with Crippen LogP contribution >= 0.6 is 0 Å². The Morgan fingerprint density at radius 2 is 1.59 bits per heavy atom. The molecule has 0 radical (unpaired) electrons. The van der Waals surface area contributed by atoms with Crippen LogP contribution in [0.5, 0.6) is 11.5 Å². The zero-order valence-corrected chi connectivity index (χ0v) is 19.8. The topological polar surface area (TPSA) is 72.8 Å². The first-order chi connectivity index (χ1) is 15.3. The first kappa shape index (κ1) is 22.4. The number of anilines is 2. The van der Waals surface area contributed by atoms with Gasteiger partial charge < -0.3 is 20.4 Å². The van der Waals surface area contributed by atoms with Crippen molar-refractivity contribution in [1.82, 2.24) is 5.32 Å². The van der Waals surface area contributed by atoms with Crippen molar-refractivity contribution >= 4 is 22.2 Å². The molecule has 0 aliphatic carbocycles. The maximum Gasteiger partial charge on any atom is 0.126 e. The van der Waals surface area contributed by atoms with Crippen molar-refractivity contribution < 1.29 is 14.4 Å². The molecule has 4 rings (SSSR count). The molecule has 1 heterocycles. The van der Waals surface area contributed by atoms with Crippen molar-refractivity contribution in [3.05, 3.63) is 70.3 Å². The van der Waals surface area contributed by atoms with Gasteiger partial charge in [-0.15, -0.1) is 0 Å². The van der Waals surface area contributed by atoms with Gasteiger partial charge in [0.1, 0.15) is 11.5 Å². The molecule has 3 N–H and O–H groups in total. The van der Waals surface area contributed by atoms with E-state index in [4.69, 9.17) is 0 Å². The lowest BCUT2D eigenvalue weighted by atomic mass is 10.0. The van der Waals surface area contributed by atoms with Crippen LogP contribution in [0, 0.1) is 27.7 Å². The molecule has 168 valence electrons. The molecule has 0 spiro atoms. The first-order valence-electron chi connectivity index (χ1n) is 10.9. The third kappa shape index (κ3) is 3.89. The summed E-state index contributed by atoms with van der Waals surface area (Å²) >= 11 is 0. The largest absolute Gasteiger partial charge is 0.507 e. The van der Waals surface area contributed by atoms with Gasteiger partial charge in [-0.3, -0.25) is 0 Å². The molecule has 6 heteroatoms. The number of nitrogens with zero attached hydrogens (tertiary/aromatic N) is 1. The molecule has 0 saturated heterocycles. The highest BCUT2D eigenvalue weighted by molar-refractivity contribution is 7.85. The Hall–Kier alpha value is -2.83. The minimum absolute atomic E-state index is 0.146. The lowest BCUT2D eigenvalue weighted by molar-refractivity contribution is 0.428. The molecule has 32 heavy (non-hydrogen) atoms. The van der Waals surface area contributed by atoms with Crippen LogP contribution in [-0.4, -0.2) is 27.5 Å². The van der Waals surface area contributed by atoms with Crippen molar-refractivity contribution in [3.63, 3.8) is 0 Å². The van der Waals surface area contributed by atoms with Gasteiger partial charge in [0.2, 0.25) is 0 Å². The van der Waals surface area contributed by atoms with Gasteiger partial charge >= 0.3 is 0 Å². The van der Waals surface area contributed by atoms with Gasteiger partial charge in [-0.1, -0.05) is 18.2 Å². The van der Waals surface area contributed by atoms with Gasteiger partial charge in [0.25, 0.3) is 0 Å². The number of rotatable bonds is 6. The number of aryl methyl sites for hydroxylation is 3. The fourth-order valence-electron chi connectivity index (χ4n) is 4.36. The summed E-state index contributed by atoms with van der Waals surface area (Å²) in [6, 6.07) is 13.7. The molecule has 0 fully saturated rings. The van der Waals surface area contributed by atoms with E-state index in [1.54, 1.807) is 6.07 Å². The molecule has 3 aromatic rings. The number of phenols is 2. The summed E-state index contributed by atoms with van der Waals surface area (Å²) in [6.07, 6.45) is 0.847. The van der Waals surface area contributed by atoms with E-state index in [1.165, 1.54) is 5.56 Å². The summed E-state index contributed by atoms with van der Waals surface area (Å²) in [4.78, 5) is 3.99. The normalized spacial score (nSPS) is 14.9. The van der Waals surface area contributed by atoms with Crippen LogP contribution in [0.3, 0.4) is 0 Å². The lowest BCUT2D eigenvalue weighted by Crippen LogP contribution is -2.28. The summed E-state index contributed by atoms with van der Waals surface area (Å²) in [5.41, 5.74) is 6.45. The average Bonchev–Trinajstić information content (AvgIpc) is 2.78. The van der Waals surface area contributed by atoms with Crippen LogP contribution in [0.4, 0.5) is 11.4 Å². The molecule has 1 aliphatic heterocycles. The molecule has 0 amide bonds. The monoisotopic (exact) mass is 450 g/mol. The van der Waals surface area contributed by atoms with Gasteiger partial charge in [0, 0.05) is 18.7 Å². The number of para-hydroxylation sites is 1. The van der Waals surface area contributed by atoms with Crippen LogP contribution in [0.15, 0.2) is 52.3 Å². The fraction of sp³-hybridized carbons (Fsp3) is 0.308. The van der Waals surface area contributed by atoms with E-state index in [2.05, 4.69) is 24.1 Å². The second-order valence-corrected chi connectivity index (χ2v) is 9.88. The molecule has 1 atom stereocenters. The Labute approximate surface area is 192 Å². The van der Waals surface area contributed by atoms with Crippen LogP contribution in [-0.2, 0) is 17.3 Å². The van der Waals surface area contributed by atoms with Crippen molar-refractivity contribution in [3.8, 4) is 11.5 Å². The van der Waals surface area contributed by atoms with Gasteiger partial charge in [0.05, 0.1) is 32.0 Å². The SMILES string of the molecule is Cc1ccc2c(c1C)N(CCCNCc1c(O)c(C)cc(C)c1O)c1ccccc1S2=O. The third-order valence-electron chi connectivity index (χ3n) is 6.28. The molecule has 1 aliphatic rings. The molecule has 0 aromatic heterocycles. The van der Waals surface area contributed by atoms with E-state index in [-0.39, 0.29) is 11.5 Å². The Kier molecular flexibility index (Phi) is 6.26. The van der Waals surface area contributed by atoms with Gasteiger partial charge in [-0.2, -0.15) is 0 Å². The van der Waals surface area contributed by atoms with E-state index in [0.717, 1.165) is 50.8 Å². The maximum atomic E-state index is 13.2. The van der Waals surface area contributed by atoms with E-state index in [0.29, 0.717) is 18.7 Å². The highest BCUT2D eigenvalue weighted by Gasteiger charge is 2.29. The van der Waals surface area contributed by atoms with Gasteiger partial charge in [-0.05, 0) is 87.2 Å². The summed E-state index contributed by atoms with van der Waals surface area (Å²) in [5.74, 6) is 0.293. The second-order valence-electron chi connectivity index (χ2n) is 8.46. The number of phenolic OH excluding ortho intramolecular Hbond substituents is 2. The second kappa shape index (κ2) is 8.96. The highest BCUT2D eigenvalue weighted by Crippen LogP contribution is 2.44. The van der Waals surface area contributed by atoms with Crippen molar-refractivity contribution in [2.45, 2.75) is 50.5 Å². The van der Waals surface area contributed by atoms with E-state index in [9.17, 15) is 14.4 Å². The Balaban J connectivity index is 1.51. The molecule has 0 saturated carbocycles. The van der Waals surface area contributed by atoms with Gasteiger partial charge in [-0.25, -0.2) is 4.21 Å². The van der Waals surface area contributed by atoms with Crippen molar-refractivity contribution in [2.24, 2.45) is 0 Å². The van der Waals surface area contributed by atoms with E-state index in [1.807, 2.05) is 50.2 Å². The van der Waals surface area contributed by atoms with Crippen molar-refractivity contribution in [1.29, 1.82) is 0 Å². The zero-order valence-electron chi connectivity index (χ0n) is 19.0. The lowest BCUT2D eigenvalue weighted by Gasteiger charge is -2.34. The number of nitrogens with one attached hydrogen (secondary N) is 1. The summed E-state index contributed by atoms with van der Waals surface area (Å²) in [5, 5.41) is 24.0. The number of fused-ring (bicyclic) bond motifs is 2. The molecule has 0 bridgehead atoms. The third-order valence-corrected chi connectivity index (χ3v) is 7.75. The molecule has 1 unspecified atom stereocenters. The standard InChI is InChI=1S/C26H30N2O3S/c1-16-10-11-23-24(19(16)4)28(21-8-5-6-9-22(21)32(23)31)13-7-12-27-15-20-25(29)17(2)14-18(3)26(20)30/h5-6,8-11,14,27,29-30H,7,12-13,15H2,1-4H3. The molecular formula is C26H30N2O3S. The first-order valence-corrected chi connectivity index (χ1v) is 12.1. The number of hydrogen-bond donors (Lipinski definition) is 3. The van der Waals surface area contributed by atoms with E-state index < -0.39 is 10.8 Å². The number of hydrogen-bond acceptors (Lipinski definition) is 5. The summed E-state index contributed by atoms with van der Waals surface area (Å²) in [7, 11) is -1.19. The average molecular weight is 451 g/mol. The summed E-state index contributed by atoms with van der Waals surface area (Å²) < 4.78 is 13.2. The predicted octanol–water partition coefficient (Wildman–Crippen LogP) is 5.13. The minimum Gasteiger partial charge on any atom is -0.507 e. The molecule has 5 nitrogen and oxygen atoms in total. The molecule has 3 aromatic carbocycles. The highest BCUT2D eigenvalue weighted by atomic mass is 32.2. The zero-order chi connectivity index (χ0) is 23.0. The quantitative estimate of drug-likeness (QED) is 0.454. The van der Waals surface area contributed by atoms with Crippen LogP contribution in [0.2, 0.25) is 0 Å². The van der Waals surface area contributed by atoms with Crippen LogP contribution < -0.4 is 10.2 Å². The molecular weight excluding hydrogens is 420 g/mol. The minimum atomic E-state index is -1.19. The summed E-state index contributed by atoms with van der Waals surface area (Å²) in [6.45, 7) is 9.74.